The van der Waals surface area contributed by atoms with Crippen LogP contribution < -0.4 is 15.1 Å². The summed E-state index contributed by atoms with van der Waals surface area (Å²) in [5.74, 6) is -1.06. The number of carbonyl (C=O) groups excluding carboxylic acids is 1. The van der Waals surface area contributed by atoms with Crippen molar-refractivity contribution in [1.82, 2.24) is 5.32 Å². The van der Waals surface area contributed by atoms with Crippen LogP contribution in [0.1, 0.15) is 13.8 Å². The van der Waals surface area contributed by atoms with Crippen molar-refractivity contribution in [1.29, 1.82) is 0 Å². The molecule has 2 rings (SSSR count). The molecule has 0 saturated carbocycles. The Bertz CT molecular complexity index is 542. The van der Waals surface area contributed by atoms with Gasteiger partial charge in [0.15, 0.2) is 0 Å². The molecule has 2 amide bonds. The lowest BCUT2D eigenvalue weighted by Gasteiger charge is -2.36. The Morgan fingerprint density at radius 1 is 1.20 bits per heavy atom. The lowest BCUT2D eigenvalue weighted by atomic mass is 10.1. The Kier molecular flexibility index (Phi) is 3.57. The molecule has 0 radical (unpaired) electrons. The Morgan fingerprint density at radius 2 is 1.80 bits per heavy atom. The van der Waals surface area contributed by atoms with Gasteiger partial charge in [-0.15, -0.1) is 0 Å². The van der Waals surface area contributed by atoms with Crippen LogP contribution in [0.25, 0.3) is 0 Å². The molecule has 1 aliphatic heterocycles. The van der Waals surface area contributed by atoms with Gasteiger partial charge in [0.2, 0.25) is 0 Å². The van der Waals surface area contributed by atoms with Crippen LogP contribution >= 0.6 is 0 Å². The first-order valence-corrected chi connectivity index (χ1v) is 6.46. The van der Waals surface area contributed by atoms with Crippen molar-refractivity contribution in [3.8, 4) is 0 Å². The molecule has 0 unspecified atom stereocenters. The number of benzene rings is 1. The van der Waals surface area contributed by atoms with Gasteiger partial charge in [0.05, 0.1) is 11.4 Å². The molecule has 1 heterocycles. The minimum Gasteiger partial charge on any atom is -0.480 e. The van der Waals surface area contributed by atoms with Crippen molar-refractivity contribution >= 4 is 23.4 Å². The largest absolute Gasteiger partial charge is 0.480 e. The summed E-state index contributed by atoms with van der Waals surface area (Å²) in [6.45, 7) is 4.16. The fourth-order valence-electron chi connectivity index (χ4n) is 2.11. The van der Waals surface area contributed by atoms with Crippen LogP contribution in [-0.2, 0) is 4.79 Å². The van der Waals surface area contributed by atoms with Gasteiger partial charge in [-0.3, -0.25) is 4.90 Å². The molecule has 0 aliphatic carbocycles. The van der Waals surface area contributed by atoms with E-state index in [-0.39, 0.29) is 0 Å². The standard InChI is InChI=1S/C14H19N3O3/c1-14(2,12(18)19)15-13(20)17-9-8-16(3)10-6-4-5-7-11(10)17/h4-7H,8-9H2,1-3H3,(H,15,20)(H,18,19). The van der Waals surface area contributed by atoms with Crippen LogP contribution in [0, 0.1) is 0 Å². The van der Waals surface area contributed by atoms with Gasteiger partial charge in [-0.2, -0.15) is 0 Å². The first-order valence-electron chi connectivity index (χ1n) is 6.46. The van der Waals surface area contributed by atoms with E-state index >= 15 is 0 Å². The van der Waals surface area contributed by atoms with Crippen LogP contribution in [0.3, 0.4) is 0 Å². The fourth-order valence-corrected chi connectivity index (χ4v) is 2.11. The van der Waals surface area contributed by atoms with E-state index in [1.54, 1.807) is 4.90 Å². The molecule has 108 valence electrons. The summed E-state index contributed by atoms with van der Waals surface area (Å²) in [5.41, 5.74) is 0.456. The van der Waals surface area contributed by atoms with Crippen molar-refractivity contribution in [2.45, 2.75) is 19.4 Å². The van der Waals surface area contributed by atoms with E-state index in [1.807, 2.05) is 31.3 Å². The monoisotopic (exact) mass is 277 g/mol. The second-order valence-electron chi connectivity index (χ2n) is 5.42. The quantitative estimate of drug-likeness (QED) is 0.859. The molecule has 0 fully saturated rings. The second kappa shape index (κ2) is 5.03. The zero-order valence-corrected chi connectivity index (χ0v) is 11.9. The van der Waals surface area contributed by atoms with Crippen molar-refractivity contribution in [3.05, 3.63) is 24.3 Å². The minimum atomic E-state index is -1.30. The highest BCUT2D eigenvalue weighted by Crippen LogP contribution is 2.31. The Morgan fingerprint density at radius 3 is 2.40 bits per heavy atom. The number of hydrogen-bond donors (Lipinski definition) is 2. The summed E-state index contributed by atoms with van der Waals surface area (Å²) in [6, 6.07) is 7.19. The van der Waals surface area contributed by atoms with Crippen LogP contribution in [0.4, 0.5) is 16.2 Å². The van der Waals surface area contributed by atoms with Crippen molar-refractivity contribution in [2.24, 2.45) is 0 Å². The average molecular weight is 277 g/mol. The van der Waals surface area contributed by atoms with E-state index in [4.69, 9.17) is 5.11 Å². The molecule has 6 heteroatoms. The zero-order valence-electron chi connectivity index (χ0n) is 11.9. The minimum absolute atomic E-state index is 0.391. The summed E-state index contributed by atoms with van der Waals surface area (Å²) < 4.78 is 0. The summed E-state index contributed by atoms with van der Waals surface area (Å²) in [5, 5.41) is 11.6. The lowest BCUT2D eigenvalue weighted by molar-refractivity contribution is -0.142. The number of nitrogens with zero attached hydrogens (tertiary/aromatic N) is 2. The normalized spacial score (nSPS) is 14.8. The highest BCUT2D eigenvalue weighted by molar-refractivity contribution is 5.99. The molecular formula is C14H19N3O3. The van der Waals surface area contributed by atoms with Crippen LogP contribution in [-0.4, -0.2) is 42.8 Å². The predicted molar refractivity (Wildman–Crippen MR) is 77.3 cm³/mol. The average Bonchev–Trinajstić information content (AvgIpc) is 2.38. The number of para-hydroxylation sites is 2. The van der Waals surface area contributed by atoms with E-state index in [0.717, 1.165) is 11.4 Å². The molecule has 0 saturated heterocycles. The summed E-state index contributed by atoms with van der Waals surface area (Å²) in [6.07, 6.45) is 0. The molecule has 6 nitrogen and oxygen atoms in total. The van der Waals surface area contributed by atoms with E-state index in [9.17, 15) is 9.59 Å². The van der Waals surface area contributed by atoms with Gasteiger partial charge in [0.1, 0.15) is 5.54 Å². The number of rotatable bonds is 2. The number of carbonyl (C=O) groups is 2. The van der Waals surface area contributed by atoms with Crippen LogP contribution in [0.15, 0.2) is 24.3 Å². The van der Waals surface area contributed by atoms with Gasteiger partial charge in [-0.05, 0) is 26.0 Å². The number of amides is 2. The van der Waals surface area contributed by atoms with Crippen LogP contribution in [0.2, 0.25) is 0 Å². The molecule has 2 N–H and O–H groups in total. The van der Waals surface area contributed by atoms with Crippen molar-refractivity contribution < 1.29 is 14.7 Å². The van der Waals surface area contributed by atoms with Gasteiger partial charge in [0.25, 0.3) is 0 Å². The third kappa shape index (κ3) is 2.54. The molecule has 0 bridgehead atoms. The summed E-state index contributed by atoms with van der Waals surface area (Å²) in [7, 11) is 1.97. The van der Waals surface area contributed by atoms with Gasteiger partial charge in [-0.25, -0.2) is 9.59 Å². The first-order chi connectivity index (χ1) is 9.33. The van der Waals surface area contributed by atoms with Gasteiger partial charge in [0, 0.05) is 20.1 Å². The van der Waals surface area contributed by atoms with Gasteiger partial charge < -0.3 is 15.3 Å². The number of carboxylic acid groups (broad SMARTS) is 1. The smallest absolute Gasteiger partial charge is 0.328 e. The molecule has 0 aromatic heterocycles. The number of carboxylic acids is 1. The highest BCUT2D eigenvalue weighted by atomic mass is 16.4. The van der Waals surface area contributed by atoms with E-state index in [0.29, 0.717) is 13.1 Å². The van der Waals surface area contributed by atoms with Crippen molar-refractivity contribution in [2.75, 3.05) is 29.9 Å². The first kappa shape index (κ1) is 14.2. The maximum absolute atomic E-state index is 12.3. The fraction of sp³-hybridized carbons (Fsp3) is 0.429. The van der Waals surface area contributed by atoms with E-state index < -0.39 is 17.5 Å². The number of anilines is 2. The Balaban J connectivity index is 2.24. The molecule has 1 aromatic rings. The Labute approximate surface area is 118 Å². The number of urea groups is 1. The number of nitrogens with one attached hydrogen (secondary N) is 1. The molecular weight excluding hydrogens is 258 g/mol. The summed E-state index contributed by atoms with van der Waals surface area (Å²) >= 11 is 0. The molecule has 0 atom stereocenters. The molecule has 1 aliphatic rings. The molecule has 20 heavy (non-hydrogen) atoms. The van der Waals surface area contributed by atoms with Gasteiger partial charge in [-0.1, -0.05) is 12.1 Å². The summed E-state index contributed by atoms with van der Waals surface area (Å²) in [4.78, 5) is 27.1. The lowest BCUT2D eigenvalue weighted by Crippen LogP contribution is -2.56. The Hall–Kier alpha value is -2.24. The number of hydrogen-bond acceptors (Lipinski definition) is 3. The van der Waals surface area contributed by atoms with E-state index in [2.05, 4.69) is 10.2 Å². The second-order valence-corrected chi connectivity index (χ2v) is 5.42. The number of fused-ring (bicyclic) bond motifs is 1. The topological polar surface area (TPSA) is 72.9 Å². The maximum Gasteiger partial charge on any atom is 0.328 e. The van der Waals surface area contributed by atoms with Gasteiger partial charge >= 0.3 is 12.0 Å². The SMILES string of the molecule is CN1CCN(C(=O)NC(C)(C)C(=O)O)c2ccccc21. The van der Waals surface area contributed by atoms with Crippen LogP contribution in [0.5, 0.6) is 0 Å². The molecule has 1 aromatic carbocycles. The maximum atomic E-state index is 12.3. The number of aliphatic carboxylic acids is 1. The highest BCUT2D eigenvalue weighted by Gasteiger charge is 2.33. The third-order valence-corrected chi connectivity index (χ3v) is 3.44. The number of likely N-dealkylation sites (N-methyl/N-ethyl adjacent to an activating group) is 1. The van der Waals surface area contributed by atoms with Crippen molar-refractivity contribution in [3.63, 3.8) is 0 Å². The zero-order chi connectivity index (χ0) is 14.9. The van der Waals surface area contributed by atoms with E-state index in [1.165, 1.54) is 13.8 Å². The third-order valence-electron chi connectivity index (χ3n) is 3.44. The molecule has 0 spiro atoms. The predicted octanol–water partition coefficient (Wildman–Crippen LogP) is 1.52.